The lowest BCUT2D eigenvalue weighted by atomic mass is 10.1. The molecule has 110 valence electrons. The first kappa shape index (κ1) is 15.3. The quantitative estimate of drug-likeness (QED) is 0.830. The molecule has 1 unspecified atom stereocenters. The summed E-state index contributed by atoms with van der Waals surface area (Å²) in [5.74, 6) is 0.0967. The average Bonchev–Trinajstić information content (AvgIpc) is 2.53. The zero-order chi connectivity index (χ0) is 15.2. The van der Waals surface area contributed by atoms with Gasteiger partial charge in [-0.2, -0.15) is 0 Å². The number of aromatic nitrogens is 1. The molecule has 1 amide bonds. The summed E-state index contributed by atoms with van der Waals surface area (Å²) < 4.78 is 5.06. The van der Waals surface area contributed by atoms with E-state index in [0.717, 1.165) is 5.56 Å². The van der Waals surface area contributed by atoms with Crippen molar-refractivity contribution in [2.75, 3.05) is 7.11 Å². The molecule has 0 aliphatic heterocycles. The first-order valence-corrected chi connectivity index (χ1v) is 6.68. The number of rotatable bonds is 5. The van der Waals surface area contributed by atoms with E-state index in [1.54, 1.807) is 42.6 Å². The minimum atomic E-state index is -1.25. The van der Waals surface area contributed by atoms with E-state index in [4.69, 9.17) is 16.3 Å². The predicted molar refractivity (Wildman–Crippen MR) is 79.0 cm³/mol. The Kier molecular flexibility index (Phi) is 5.14. The zero-order valence-electron chi connectivity index (χ0n) is 11.4. The van der Waals surface area contributed by atoms with E-state index in [9.17, 15) is 9.90 Å². The van der Waals surface area contributed by atoms with E-state index in [1.807, 2.05) is 0 Å². The highest BCUT2D eigenvalue weighted by atomic mass is 35.5. The molecule has 0 spiro atoms. The molecule has 1 aromatic heterocycles. The maximum Gasteiger partial charge on any atom is 0.253 e. The van der Waals surface area contributed by atoms with Gasteiger partial charge in [-0.05, 0) is 29.3 Å². The number of hydrogen-bond acceptors (Lipinski definition) is 4. The Labute approximate surface area is 127 Å². The fourth-order valence-electron chi connectivity index (χ4n) is 1.76. The molecule has 0 saturated carbocycles. The molecule has 0 aliphatic rings. The number of methoxy groups -OCH3 is 1. The van der Waals surface area contributed by atoms with Crippen molar-refractivity contribution >= 4 is 17.5 Å². The van der Waals surface area contributed by atoms with Crippen LogP contribution in [0.3, 0.4) is 0 Å². The first-order chi connectivity index (χ1) is 10.1. The van der Waals surface area contributed by atoms with Crippen molar-refractivity contribution in [1.29, 1.82) is 0 Å². The topological polar surface area (TPSA) is 71.5 Å². The number of aliphatic hydroxyl groups excluding tert-OH is 1. The summed E-state index contributed by atoms with van der Waals surface area (Å²) in [5, 5.41) is 13.1. The van der Waals surface area contributed by atoms with Crippen molar-refractivity contribution in [2.45, 2.75) is 12.6 Å². The second-order valence-electron chi connectivity index (χ2n) is 4.39. The molecule has 0 radical (unpaired) electrons. The highest BCUT2D eigenvalue weighted by Crippen LogP contribution is 2.19. The molecule has 6 heteroatoms. The van der Waals surface area contributed by atoms with Crippen LogP contribution in [-0.4, -0.2) is 23.1 Å². The maximum absolute atomic E-state index is 11.9. The van der Waals surface area contributed by atoms with Gasteiger partial charge in [0, 0.05) is 12.7 Å². The summed E-state index contributed by atoms with van der Waals surface area (Å²) >= 11 is 5.68. The van der Waals surface area contributed by atoms with Crippen molar-refractivity contribution < 1.29 is 14.6 Å². The number of aliphatic hydroxyl groups is 1. The Morgan fingerprint density at radius 1 is 1.43 bits per heavy atom. The van der Waals surface area contributed by atoms with Gasteiger partial charge in [-0.25, -0.2) is 4.98 Å². The highest BCUT2D eigenvalue weighted by molar-refractivity contribution is 6.29. The van der Waals surface area contributed by atoms with E-state index >= 15 is 0 Å². The lowest BCUT2D eigenvalue weighted by Gasteiger charge is -2.12. The smallest absolute Gasteiger partial charge is 0.253 e. The van der Waals surface area contributed by atoms with Gasteiger partial charge in [0.2, 0.25) is 0 Å². The van der Waals surface area contributed by atoms with Gasteiger partial charge < -0.3 is 15.2 Å². The number of nitrogens with zero attached hydrogens (tertiary/aromatic N) is 1. The fraction of sp³-hybridized carbons (Fsp3) is 0.200. The number of hydrogen-bond donors (Lipinski definition) is 2. The number of nitrogens with one attached hydrogen (secondary N) is 1. The molecular weight excluding hydrogens is 292 g/mol. The lowest BCUT2D eigenvalue weighted by molar-refractivity contribution is -0.129. The second kappa shape index (κ2) is 7.06. The van der Waals surface area contributed by atoms with Crippen LogP contribution in [0.2, 0.25) is 5.15 Å². The Morgan fingerprint density at radius 2 is 2.24 bits per heavy atom. The van der Waals surface area contributed by atoms with Crippen LogP contribution in [0.4, 0.5) is 0 Å². The molecule has 5 nitrogen and oxygen atoms in total. The second-order valence-corrected chi connectivity index (χ2v) is 4.77. The van der Waals surface area contributed by atoms with E-state index in [0.29, 0.717) is 16.5 Å². The van der Waals surface area contributed by atoms with Gasteiger partial charge >= 0.3 is 0 Å². The van der Waals surface area contributed by atoms with Crippen LogP contribution in [0.15, 0.2) is 42.6 Å². The monoisotopic (exact) mass is 306 g/mol. The molecule has 0 aliphatic carbocycles. The molecule has 2 aromatic rings. The van der Waals surface area contributed by atoms with Crippen molar-refractivity contribution in [3.05, 3.63) is 58.9 Å². The maximum atomic E-state index is 11.9. The van der Waals surface area contributed by atoms with Crippen LogP contribution < -0.4 is 10.1 Å². The Morgan fingerprint density at radius 3 is 2.90 bits per heavy atom. The summed E-state index contributed by atoms with van der Waals surface area (Å²) in [6.07, 6.45) is 0.320. The summed E-state index contributed by atoms with van der Waals surface area (Å²) in [7, 11) is 1.53. The number of carbonyl (C=O) groups excluding carboxylic acids is 1. The van der Waals surface area contributed by atoms with Crippen LogP contribution in [0.25, 0.3) is 0 Å². The summed E-state index contributed by atoms with van der Waals surface area (Å²) in [6, 6.07) is 10.1. The minimum Gasteiger partial charge on any atom is -0.497 e. The SMILES string of the molecule is COc1cccc(C(O)C(=O)NCc2ccc(Cl)nc2)c1. The first-order valence-electron chi connectivity index (χ1n) is 6.30. The predicted octanol–water partition coefficient (Wildman–Crippen LogP) is 2.09. The van der Waals surface area contributed by atoms with Gasteiger partial charge in [0.25, 0.3) is 5.91 Å². The molecule has 2 N–H and O–H groups in total. The van der Waals surface area contributed by atoms with Crippen LogP contribution in [0, 0.1) is 0 Å². The Bertz CT molecular complexity index is 617. The van der Waals surface area contributed by atoms with Gasteiger partial charge in [0.15, 0.2) is 6.10 Å². The fourth-order valence-corrected chi connectivity index (χ4v) is 1.87. The number of carbonyl (C=O) groups is 1. The third kappa shape index (κ3) is 4.18. The normalized spacial score (nSPS) is 11.8. The number of ether oxygens (including phenoxy) is 1. The number of halogens is 1. The molecule has 0 saturated heterocycles. The molecule has 2 rings (SSSR count). The van der Waals surface area contributed by atoms with Gasteiger partial charge in [0.1, 0.15) is 10.9 Å². The summed E-state index contributed by atoms with van der Waals surface area (Å²) in [4.78, 5) is 15.9. The average molecular weight is 307 g/mol. The molecule has 1 heterocycles. The van der Waals surface area contributed by atoms with E-state index < -0.39 is 12.0 Å². The third-order valence-corrected chi connectivity index (χ3v) is 3.14. The van der Waals surface area contributed by atoms with E-state index in [1.165, 1.54) is 7.11 Å². The molecule has 0 fully saturated rings. The van der Waals surface area contributed by atoms with Crippen molar-refractivity contribution in [3.8, 4) is 5.75 Å². The largest absolute Gasteiger partial charge is 0.497 e. The van der Waals surface area contributed by atoms with Crippen molar-refractivity contribution in [2.24, 2.45) is 0 Å². The number of benzene rings is 1. The van der Waals surface area contributed by atoms with Gasteiger partial charge in [-0.15, -0.1) is 0 Å². The minimum absolute atomic E-state index is 0.268. The van der Waals surface area contributed by atoms with Gasteiger partial charge in [-0.3, -0.25) is 4.79 Å². The van der Waals surface area contributed by atoms with Crippen LogP contribution in [0.5, 0.6) is 5.75 Å². The van der Waals surface area contributed by atoms with Crippen LogP contribution in [-0.2, 0) is 11.3 Å². The van der Waals surface area contributed by atoms with E-state index in [2.05, 4.69) is 10.3 Å². The van der Waals surface area contributed by atoms with Crippen LogP contribution >= 0.6 is 11.6 Å². The van der Waals surface area contributed by atoms with Crippen molar-refractivity contribution in [1.82, 2.24) is 10.3 Å². The molecule has 21 heavy (non-hydrogen) atoms. The van der Waals surface area contributed by atoms with E-state index in [-0.39, 0.29) is 6.54 Å². The molecule has 1 aromatic carbocycles. The molecule has 0 bridgehead atoms. The Hall–Kier alpha value is -2.11. The number of pyridine rings is 1. The Balaban J connectivity index is 1.97. The standard InChI is InChI=1S/C15H15ClN2O3/c1-21-12-4-2-3-11(7-12)14(19)15(20)18-9-10-5-6-13(16)17-8-10/h2-8,14,19H,9H2,1H3,(H,18,20). The third-order valence-electron chi connectivity index (χ3n) is 2.91. The summed E-state index contributed by atoms with van der Waals surface area (Å²) in [5.41, 5.74) is 1.27. The number of amides is 1. The summed E-state index contributed by atoms with van der Waals surface area (Å²) in [6.45, 7) is 0.268. The van der Waals surface area contributed by atoms with Crippen LogP contribution in [0.1, 0.15) is 17.2 Å². The van der Waals surface area contributed by atoms with Gasteiger partial charge in [-0.1, -0.05) is 29.8 Å². The zero-order valence-corrected chi connectivity index (χ0v) is 12.2. The van der Waals surface area contributed by atoms with Crippen molar-refractivity contribution in [3.63, 3.8) is 0 Å². The lowest BCUT2D eigenvalue weighted by Crippen LogP contribution is -2.28. The highest BCUT2D eigenvalue weighted by Gasteiger charge is 2.17. The molecule has 1 atom stereocenters. The molecular formula is C15H15ClN2O3. The van der Waals surface area contributed by atoms with Gasteiger partial charge in [0.05, 0.1) is 7.11 Å².